The molecular formula is C14H19NO3S. The number of rotatable bonds is 3. The Kier molecular flexibility index (Phi) is 4.58. The van der Waals surface area contributed by atoms with Crippen molar-refractivity contribution in [3.63, 3.8) is 0 Å². The fourth-order valence-electron chi connectivity index (χ4n) is 2.46. The first kappa shape index (κ1) is 14.1. The van der Waals surface area contributed by atoms with Gasteiger partial charge in [-0.3, -0.25) is 4.79 Å². The Bertz CT molecular complexity index is 464. The van der Waals surface area contributed by atoms with Crippen LogP contribution in [0.1, 0.15) is 36.0 Å². The Balaban J connectivity index is 2.02. The minimum Gasteiger partial charge on any atom is -0.508 e. The molecule has 0 aliphatic heterocycles. The lowest BCUT2D eigenvalue weighted by Gasteiger charge is -2.28. The van der Waals surface area contributed by atoms with Gasteiger partial charge in [-0.05, 0) is 43.7 Å². The highest BCUT2D eigenvalue weighted by molar-refractivity contribution is 7.99. The van der Waals surface area contributed by atoms with Crippen LogP contribution in [0.2, 0.25) is 0 Å². The molecule has 0 aromatic heterocycles. The molecule has 0 saturated heterocycles. The van der Waals surface area contributed by atoms with E-state index in [1.165, 1.54) is 24.6 Å². The molecule has 4 nitrogen and oxygen atoms in total. The number of carbonyl (C=O) groups is 1. The third kappa shape index (κ3) is 3.56. The molecule has 1 amide bonds. The number of phenolic OH excluding ortho intramolecular Hbond substituents is 2. The smallest absolute Gasteiger partial charge is 0.255 e. The van der Waals surface area contributed by atoms with E-state index in [4.69, 9.17) is 0 Å². The molecule has 1 aliphatic rings. The standard InChI is InChI=1S/C14H19NO3S/c1-19-11-4-2-3-9(7-11)15-14(18)12-8-10(16)5-6-13(12)17/h5-6,8-9,11,16-17H,2-4,7H2,1H3,(H,15,18). The molecule has 1 aromatic rings. The summed E-state index contributed by atoms with van der Waals surface area (Å²) < 4.78 is 0. The van der Waals surface area contributed by atoms with Gasteiger partial charge >= 0.3 is 0 Å². The van der Waals surface area contributed by atoms with E-state index in [0.717, 1.165) is 19.3 Å². The second-order valence-electron chi connectivity index (χ2n) is 4.90. The molecule has 2 rings (SSSR count). The van der Waals surface area contributed by atoms with Crippen LogP contribution in [0.3, 0.4) is 0 Å². The van der Waals surface area contributed by atoms with Crippen molar-refractivity contribution < 1.29 is 15.0 Å². The second kappa shape index (κ2) is 6.19. The van der Waals surface area contributed by atoms with Gasteiger partial charge in [0.2, 0.25) is 0 Å². The highest BCUT2D eigenvalue weighted by Crippen LogP contribution is 2.28. The molecule has 0 radical (unpaired) electrons. The summed E-state index contributed by atoms with van der Waals surface area (Å²) in [4.78, 5) is 12.1. The van der Waals surface area contributed by atoms with Crippen LogP contribution in [-0.2, 0) is 0 Å². The quantitative estimate of drug-likeness (QED) is 0.745. The van der Waals surface area contributed by atoms with Crippen molar-refractivity contribution in [2.75, 3.05) is 6.26 Å². The van der Waals surface area contributed by atoms with Gasteiger partial charge in [0.1, 0.15) is 11.5 Å². The molecule has 0 heterocycles. The van der Waals surface area contributed by atoms with Crippen LogP contribution in [0.5, 0.6) is 11.5 Å². The first-order valence-corrected chi connectivity index (χ1v) is 7.74. The number of thioether (sulfide) groups is 1. The minimum absolute atomic E-state index is 0.0198. The molecule has 3 N–H and O–H groups in total. The van der Waals surface area contributed by atoms with Gasteiger partial charge < -0.3 is 15.5 Å². The highest BCUT2D eigenvalue weighted by Gasteiger charge is 2.23. The largest absolute Gasteiger partial charge is 0.508 e. The lowest BCUT2D eigenvalue weighted by molar-refractivity contribution is 0.0925. The fourth-order valence-corrected chi connectivity index (χ4v) is 3.29. The number of nitrogens with one attached hydrogen (secondary N) is 1. The van der Waals surface area contributed by atoms with Crippen LogP contribution >= 0.6 is 11.8 Å². The topological polar surface area (TPSA) is 69.6 Å². The number of phenols is 2. The van der Waals surface area contributed by atoms with Gasteiger partial charge in [-0.15, -0.1) is 0 Å². The van der Waals surface area contributed by atoms with Crippen molar-refractivity contribution in [1.29, 1.82) is 0 Å². The van der Waals surface area contributed by atoms with Gasteiger partial charge in [-0.25, -0.2) is 0 Å². The van der Waals surface area contributed by atoms with E-state index >= 15 is 0 Å². The van der Waals surface area contributed by atoms with Gasteiger partial charge in [-0.2, -0.15) is 11.8 Å². The Morgan fingerprint density at radius 3 is 2.89 bits per heavy atom. The van der Waals surface area contributed by atoms with E-state index in [0.29, 0.717) is 5.25 Å². The van der Waals surface area contributed by atoms with Crippen molar-refractivity contribution in [2.45, 2.75) is 37.0 Å². The van der Waals surface area contributed by atoms with Crippen LogP contribution in [0.25, 0.3) is 0 Å². The molecule has 2 atom stereocenters. The number of aromatic hydroxyl groups is 2. The molecule has 2 unspecified atom stereocenters. The highest BCUT2D eigenvalue weighted by atomic mass is 32.2. The summed E-state index contributed by atoms with van der Waals surface area (Å²) in [6.07, 6.45) is 6.35. The predicted octanol–water partition coefficient (Wildman–Crippen LogP) is 2.50. The van der Waals surface area contributed by atoms with Gasteiger partial charge in [0.05, 0.1) is 5.56 Å². The van der Waals surface area contributed by atoms with Gasteiger partial charge in [0.15, 0.2) is 0 Å². The van der Waals surface area contributed by atoms with Crippen molar-refractivity contribution in [2.24, 2.45) is 0 Å². The molecular weight excluding hydrogens is 262 g/mol. The molecule has 1 fully saturated rings. The molecule has 0 bridgehead atoms. The maximum Gasteiger partial charge on any atom is 0.255 e. The molecule has 19 heavy (non-hydrogen) atoms. The summed E-state index contributed by atoms with van der Waals surface area (Å²) in [7, 11) is 0. The van der Waals surface area contributed by atoms with Crippen LogP contribution in [0, 0.1) is 0 Å². The fraction of sp³-hybridized carbons (Fsp3) is 0.500. The van der Waals surface area contributed by atoms with Gasteiger partial charge in [-0.1, -0.05) is 6.42 Å². The number of amides is 1. The average molecular weight is 281 g/mol. The number of hydrogen-bond donors (Lipinski definition) is 3. The normalized spacial score (nSPS) is 23.0. The Hall–Kier alpha value is -1.36. The number of hydrogen-bond acceptors (Lipinski definition) is 4. The van der Waals surface area contributed by atoms with E-state index in [1.807, 2.05) is 11.8 Å². The van der Waals surface area contributed by atoms with Crippen LogP contribution in [0.15, 0.2) is 18.2 Å². The summed E-state index contributed by atoms with van der Waals surface area (Å²) in [6.45, 7) is 0. The van der Waals surface area contributed by atoms with E-state index in [-0.39, 0.29) is 29.0 Å². The molecule has 0 spiro atoms. The van der Waals surface area contributed by atoms with Crippen molar-refractivity contribution in [3.8, 4) is 11.5 Å². The van der Waals surface area contributed by atoms with Crippen LogP contribution < -0.4 is 5.32 Å². The zero-order valence-electron chi connectivity index (χ0n) is 10.9. The predicted molar refractivity (Wildman–Crippen MR) is 76.8 cm³/mol. The average Bonchev–Trinajstić information content (AvgIpc) is 2.41. The lowest BCUT2D eigenvalue weighted by Crippen LogP contribution is -2.39. The first-order valence-electron chi connectivity index (χ1n) is 6.45. The Morgan fingerprint density at radius 2 is 2.16 bits per heavy atom. The maximum atomic E-state index is 12.1. The first-order chi connectivity index (χ1) is 9.10. The van der Waals surface area contributed by atoms with Crippen LogP contribution in [0.4, 0.5) is 0 Å². The molecule has 1 aromatic carbocycles. The summed E-state index contributed by atoms with van der Waals surface area (Å²) in [5.74, 6) is -0.443. The molecule has 1 saturated carbocycles. The maximum absolute atomic E-state index is 12.1. The minimum atomic E-state index is -0.319. The van der Waals surface area contributed by atoms with Gasteiger partial charge in [0.25, 0.3) is 5.91 Å². The third-order valence-electron chi connectivity index (χ3n) is 3.52. The summed E-state index contributed by atoms with van der Waals surface area (Å²) in [5, 5.41) is 22.6. The number of benzene rings is 1. The van der Waals surface area contributed by atoms with Crippen molar-refractivity contribution >= 4 is 17.7 Å². The molecule has 5 heteroatoms. The second-order valence-corrected chi connectivity index (χ2v) is 6.03. The van der Waals surface area contributed by atoms with Crippen molar-refractivity contribution in [3.05, 3.63) is 23.8 Å². The Morgan fingerprint density at radius 1 is 1.37 bits per heavy atom. The van der Waals surface area contributed by atoms with E-state index in [9.17, 15) is 15.0 Å². The Labute approximate surface area is 117 Å². The molecule has 1 aliphatic carbocycles. The van der Waals surface area contributed by atoms with E-state index < -0.39 is 0 Å². The summed E-state index contributed by atoms with van der Waals surface area (Å²) >= 11 is 1.84. The van der Waals surface area contributed by atoms with Crippen molar-refractivity contribution in [1.82, 2.24) is 5.32 Å². The summed E-state index contributed by atoms with van der Waals surface area (Å²) in [5.41, 5.74) is 0.131. The van der Waals surface area contributed by atoms with E-state index in [1.54, 1.807) is 0 Å². The zero-order valence-corrected chi connectivity index (χ0v) is 11.7. The van der Waals surface area contributed by atoms with Gasteiger partial charge in [0, 0.05) is 11.3 Å². The number of carbonyl (C=O) groups excluding carboxylic acids is 1. The third-order valence-corrected chi connectivity index (χ3v) is 4.61. The van der Waals surface area contributed by atoms with Crippen LogP contribution in [-0.4, -0.2) is 33.7 Å². The van der Waals surface area contributed by atoms with E-state index in [2.05, 4.69) is 11.6 Å². The molecule has 104 valence electrons. The monoisotopic (exact) mass is 281 g/mol. The SMILES string of the molecule is CSC1CCCC(NC(=O)c2cc(O)ccc2O)C1. The zero-order chi connectivity index (χ0) is 13.8. The summed E-state index contributed by atoms with van der Waals surface area (Å²) in [6, 6.07) is 4.13. The lowest BCUT2D eigenvalue weighted by atomic mass is 9.94.